The molecule has 0 aliphatic carbocycles. The number of thiophene rings is 2. The summed E-state index contributed by atoms with van der Waals surface area (Å²) in [5.41, 5.74) is 14.5. The Morgan fingerprint density at radius 1 is 0.478 bits per heavy atom. The summed E-state index contributed by atoms with van der Waals surface area (Å²) in [6.07, 6.45) is 4.22. The van der Waals surface area contributed by atoms with Crippen LogP contribution in [0.1, 0.15) is 48.9 Å². The second-order valence-electron chi connectivity index (χ2n) is 18.3. The van der Waals surface area contributed by atoms with Gasteiger partial charge in [-0.2, -0.15) is 0 Å². The summed E-state index contributed by atoms with van der Waals surface area (Å²) in [5, 5.41) is 12.8. The highest BCUT2D eigenvalue weighted by molar-refractivity contribution is 7.26. The molecule has 0 aliphatic heterocycles. The first kappa shape index (κ1) is 41.2. The molecule has 0 bridgehead atoms. The number of aryl methyl sites for hydroxylation is 3. The van der Waals surface area contributed by atoms with Gasteiger partial charge in [-0.25, -0.2) is 0 Å². The quantitative estimate of drug-likeness (QED) is 0.105. The molecule has 324 valence electrons. The number of benzene rings is 10. The molecule has 12 rings (SSSR count). The summed E-state index contributed by atoms with van der Waals surface area (Å²) >= 11 is 3.76. The van der Waals surface area contributed by atoms with Crippen molar-refractivity contribution in [2.75, 3.05) is 9.80 Å². The standard InChI is InChI=1S/C63H50N2S2/c1-8-41(9-2)64(54-24-16-22-48-45-20-12-14-26-58(45)66-62(48)54)57-36-52(37(3)4)47-31-33-50-56(34-40(7)44-30-32-51(57)61(47)60(44)50)65(42-29-28-39(6)53(35-42)43-19-11-10-18-38(43)5)55-25-17-23-49-46-21-13-15-27-59(46)67-63(49)55/h8-37H,1H2,2-7H3/b41-9+. The van der Waals surface area contributed by atoms with Gasteiger partial charge < -0.3 is 9.80 Å². The number of anilines is 5. The first-order chi connectivity index (χ1) is 32.7. The first-order valence-electron chi connectivity index (χ1n) is 23.3. The summed E-state index contributed by atoms with van der Waals surface area (Å²) in [5.74, 6) is 0.276. The van der Waals surface area contributed by atoms with Crippen LogP contribution in [-0.2, 0) is 0 Å². The molecule has 67 heavy (non-hydrogen) atoms. The first-order valence-corrected chi connectivity index (χ1v) is 25.0. The molecule has 0 unspecified atom stereocenters. The summed E-state index contributed by atoms with van der Waals surface area (Å²) in [7, 11) is 0. The lowest BCUT2D eigenvalue weighted by atomic mass is 9.85. The normalized spacial score (nSPS) is 12.3. The Bertz CT molecular complexity index is 3990. The van der Waals surface area contributed by atoms with Crippen LogP contribution in [0.15, 0.2) is 188 Å². The largest absolute Gasteiger partial charge is 0.309 e. The van der Waals surface area contributed by atoms with E-state index in [0.717, 1.165) is 11.4 Å². The zero-order valence-electron chi connectivity index (χ0n) is 38.7. The third kappa shape index (κ3) is 6.34. The van der Waals surface area contributed by atoms with Gasteiger partial charge in [0, 0.05) is 53.1 Å². The molecular weight excluding hydrogens is 849 g/mol. The lowest BCUT2D eigenvalue weighted by Crippen LogP contribution is -2.16. The van der Waals surface area contributed by atoms with Crippen molar-refractivity contribution in [2.24, 2.45) is 0 Å². The Balaban J connectivity index is 1.19. The van der Waals surface area contributed by atoms with Crippen molar-refractivity contribution in [1.82, 2.24) is 0 Å². The Morgan fingerprint density at radius 3 is 1.72 bits per heavy atom. The smallest absolute Gasteiger partial charge is 0.0640 e. The SMILES string of the molecule is C=C/C(=C\C)N(c1cc(C(C)C)c2ccc3c(N(c4ccc(C)c(-c5ccccc5C)c4)c4cccc5c4sc4ccccc45)cc(C)c4ccc1c2c43)c1cccc2c1sc1ccccc12. The molecule has 0 saturated heterocycles. The third-order valence-corrected chi connectivity index (χ3v) is 16.5. The summed E-state index contributed by atoms with van der Waals surface area (Å²) in [4.78, 5) is 5.04. The van der Waals surface area contributed by atoms with Crippen LogP contribution in [0, 0.1) is 20.8 Å². The van der Waals surface area contributed by atoms with Gasteiger partial charge in [0.1, 0.15) is 0 Å². The molecule has 0 saturated carbocycles. The minimum Gasteiger partial charge on any atom is -0.309 e. The molecular formula is C63H50N2S2. The maximum absolute atomic E-state index is 4.41. The fourth-order valence-electron chi connectivity index (χ4n) is 10.9. The van der Waals surface area contributed by atoms with Crippen molar-refractivity contribution in [2.45, 2.75) is 47.5 Å². The molecule has 0 amide bonds. The monoisotopic (exact) mass is 898 g/mol. The molecule has 10 aromatic carbocycles. The summed E-state index contributed by atoms with van der Waals surface area (Å²) in [6.45, 7) is 18.0. The van der Waals surface area contributed by atoms with Crippen molar-refractivity contribution in [3.63, 3.8) is 0 Å². The number of hydrogen-bond donors (Lipinski definition) is 0. The summed E-state index contributed by atoms with van der Waals surface area (Å²) < 4.78 is 5.14. The van der Waals surface area contributed by atoms with Gasteiger partial charge in [-0.15, -0.1) is 22.7 Å². The highest BCUT2D eigenvalue weighted by Gasteiger charge is 2.27. The van der Waals surface area contributed by atoms with E-state index < -0.39 is 0 Å². The Labute approximate surface area is 400 Å². The minimum atomic E-state index is 0.276. The maximum atomic E-state index is 4.41. The molecule has 0 fully saturated rings. The van der Waals surface area contributed by atoms with Crippen LogP contribution in [0.5, 0.6) is 0 Å². The topological polar surface area (TPSA) is 6.48 Å². The molecule has 0 radical (unpaired) electrons. The number of hydrogen-bond acceptors (Lipinski definition) is 4. The van der Waals surface area contributed by atoms with E-state index in [-0.39, 0.29) is 5.92 Å². The average Bonchev–Trinajstić information content (AvgIpc) is 3.93. The molecule has 0 spiro atoms. The van der Waals surface area contributed by atoms with Crippen molar-refractivity contribution in [1.29, 1.82) is 0 Å². The summed E-state index contributed by atoms with van der Waals surface area (Å²) in [6, 6.07) is 61.6. The third-order valence-electron chi connectivity index (χ3n) is 14.1. The predicted molar refractivity (Wildman–Crippen MR) is 297 cm³/mol. The van der Waals surface area contributed by atoms with Gasteiger partial charge in [-0.3, -0.25) is 0 Å². The number of fused-ring (bicyclic) bond motifs is 6. The van der Waals surface area contributed by atoms with Gasteiger partial charge in [-0.05, 0) is 143 Å². The minimum absolute atomic E-state index is 0.276. The van der Waals surface area contributed by atoms with E-state index in [9.17, 15) is 0 Å². The van der Waals surface area contributed by atoms with Crippen LogP contribution in [0.3, 0.4) is 0 Å². The highest BCUT2D eigenvalue weighted by atomic mass is 32.1. The molecule has 2 aromatic heterocycles. The lowest BCUT2D eigenvalue weighted by molar-refractivity contribution is 0.876. The van der Waals surface area contributed by atoms with Gasteiger partial charge in [0.15, 0.2) is 0 Å². The maximum Gasteiger partial charge on any atom is 0.0640 e. The zero-order valence-corrected chi connectivity index (χ0v) is 40.4. The van der Waals surface area contributed by atoms with E-state index in [1.165, 1.54) is 129 Å². The second-order valence-corrected chi connectivity index (χ2v) is 20.4. The molecule has 0 aliphatic rings. The van der Waals surface area contributed by atoms with Crippen LogP contribution in [-0.4, -0.2) is 0 Å². The number of rotatable bonds is 9. The Kier molecular flexibility index (Phi) is 9.83. The van der Waals surface area contributed by atoms with Crippen LogP contribution in [0.2, 0.25) is 0 Å². The van der Waals surface area contributed by atoms with E-state index in [1.54, 1.807) is 0 Å². The van der Waals surface area contributed by atoms with Crippen molar-refractivity contribution < 1.29 is 0 Å². The molecule has 2 heterocycles. The van der Waals surface area contributed by atoms with Crippen LogP contribution < -0.4 is 9.80 Å². The molecule has 0 N–H and O–H groups in total. The van der Waals surface area contributed by atoms with Crippen molar-refractivity contribution in [3.8, 4) is 11.1 Å². The molecule has 4 heteroatoms. The van der Waals surface area contributed by atoms with E-state index in [2.05, 4.69) is 228 Å². The zero-order chi connectivity index (χ0) is 45.7. The predicted octanol–water partition coefficient (Wildman–Crippen LogP) is 19.7. The van der Waals surface area contributed by atoms with Gasteiger partial charge in [0.2, 0.25) is 0 Å². The van der Waals surface area contributed by atoms with Crippen LogP contribution >= 0.6 is 22.7 Å². The fourth-order valence-corrected chi connectivity index (χ4v) is 13.3. The van der Waals surface area contributed by atoms with Crippen molar-refractivity contribution >= 4 is 124 Å². The lowest BCUT2D eigenvalue weighted by Gasteiger charge is -2.32. The average molecular weight is 899 g/mol. The van der Waals surface area contributed by atoms with Crippen LogP contribution in [0.4, 0.5) is 28.4 Å². The van der Waals surface area contributed by atoms with E-state index in [4.69, 9.17) is 0 Å². The second kappa shape index (κ2) is 16.0. The fraction of sp³-hybridized carbons (Fsp3) is 0.111. The van der Waals surface area contributed by atoms with E-state index >= 15 is 0 Å². The van der Waals surface area contributed by atoms with E-state index in [0.29, 0.717) is 0 Å². The van der Waals surface area contributed by atoms with Gasteiger partial charge in [-0.1, -0.05) is 142 Å². The Morgan fingerprint density at radius 2 is 1.04 bits per heavy atom. The van der Waals surface area contributed by atoms with Crippen molar-refractivity contribution in [3.05, 3.63) is 210 Å². The molecule has 0 atom stereocenters. The highest BCUT2D eigenvalue weighted by Crippen LogP contribution is 2.53. The van der Waals surface area contributed by atoms with E-state index in [1.807, 2.05) is 28.7 Å². The molecule has 2 nitrogen and oxygen atoms in total. The van der Waals surface area contributed by atoms with Gasteiger partial charge in [0.05, 0.1) is 32.1 Å². The number of nitrogens with zero attached hydrogens (tertiary/aromatic N) is 2. The van der Waals surface area contributed by atoms with Crippen LogP contribution in [0.25, 0.3) is 83.8 Å². The number of allylic oxidation sites excluding steroid dienone is 2. The Hall–Kier alpha value is -7.24. The van der Waals surface area contributed by atoms with Gasteiger partial charge >= 0.3 is 0 Å². The van der Waals surface area contributed by atoms with Gasteiger partial charge in [0.25, 0.3) is 0 Å². The molecule has 12 aromatic rings.